The summed E-state index contributed by atoms with van der Waals surface area (Å²) in [6, 6.07) is 4.43. The molecule has 0 aromatic heterocycles. The molecule has 0 fully saturated rings. The molecule has 0 amide bonds. The number of hydrogen-bond acceptors (Lipinski definition) is 5. The third kappa shape index (κ3) is 6.41. The van der Waals surface area contributed by atoms with Crippen molar-refractivity contribution in [2.24, 2.45) is 3.72 Å². The molecule has 0 aliphatic heterocycles. The Bertz CT molecular complexity index is 378. The number of nitrogens with zero attached hydrogens (tertiary/aromatic N) is 1. The Morgan fingerprint density at radius 3 is 2.53 bits per heavy atom. The number of ether oxygens (including phenoxy) is 1. The molecule has 0 atom stereocenters. The van der Waals surface area contributed by atoms with Gasteiger partial charge in [0.2, 0.25) is 0 Å². The average molecular weight is 411 g/mol. The molecule has 0 saturated heterocycles. The first-order chi connectivity index (χ1) is 8.08. The Balaban J connectivity index is 0.000000770. The molecular formula is C9H11BFNO4W. The van der Waals surface area contributed by atoms with Gasteiger partial charge in [0.25, 0.3) is 0 Å². The Labute approximate surface area is 109 Å². The molecule has 0 aliphatic rings. The summed E-state index contributed by atoms with van der Waals surface area (Å²) < 4.78 is 17.2. The summed E-state index contributed by atoms with van der Waals surface area (Å²) >= 11 is 0.630. The molecule has 0 bridgehead atoms. The van der Waals surface area contributed by atoms with Gasteiger partial charge in [0.15, 0.2) is 0 Å². The van der Waals surface area contributed by atoms with E-state index in [1.807, 2.05) is 6.92 Å². The van der Waals surface area contributed by atoms with Crippen molar-refractivity contribution in [2.75, 3.05) is 6.61 Å². The van der Waals surface area contributed by atoms with E-state index < -0.39 is 7.12 Å². The number of rotatable bonds is 4. The van der Waals surface area contributed by atoms with Crippen LogP contribution in [0.4, 0.5) is 4.48 Å². The molecule has 92 valence electrons. The zero-order valence-corrected chi connectivity index (χ0v) is 12.0. The fourth-order valence-corrected chi connectivity index (χ4v) is 1.11. The van der Waals surface area contributed by atoms with E-state index in [0.29, 0.717) is 43.8 Å². The Morgan fingerprint density at radius 2 is 2.12 bits per heavy atom. The minimum absolute atomic E-state index is 0.248. The van der Waals surface area contributed by atoms with E-state index in [1.54, 1.807) is 6.07 Å². The predicted molar refractivity (Wildman–Crippen MR) is 56.4 cm³/mol. The molecule has 1 aromatic carbocycles. The monoisotopic (exact) mass is 411 g/mol. The summed E-state index contributed by atoms with van der Waals surface area (Å²) in [5, 5.41) is 17.8. The Kier molecular flexibility index (Phi) is 8.67. The van der Waals surface area contributed by atoms with Crippen LogP contribution in [0.2, 0.25) is 0 Å². The third-order valence-corrected chi connectivity index (χ3v) is 1.70. The first-order valence-corrected chi connectivity index (χ1v) is 5.92. The average Bonchev–Trinajstić information content (AvgIpc) is 2.30. The van der Waals surface area contributed by atoms with Crippen LogP contribution in [-0.4, -0.2) is 30.1 Å². The van der Waals surface area contributed by atoms with E-state index in [-0.39, 0.29) is 5.46 Å². The van der Waals surface area contributed by atoms with E-state index in [4.69, 9.17) is 14.8 Å². The van der Waals surface area contributed by atoms with Crippen molar-refractivity contribution in [3.05, 3.63) is 23.8 Å². The van der Waals surface area contributed by atoms with Crippen LogP contribution in [-0.2, 0) is 19.6 Å². The van der Waals surface area contributed by atoms with Crippen LogP contribution in [0.1, 0.15) is 17.3 Å². The minimum atomic E-state index is -1.59. The molecule has 8 heteroatoms. The van der Waals surface area contributed by atoms with Gasteiger partial charge in [-0.1, -0.05) is 6.07 Å². The predicted octanol–water partition coefficient (Wildman–Crippen LogP) is 0.179. The first-order valence-electron chi connectivity index (χ1n) is 4.61. The van der Waals surface area contributed by atoms with Gasteiger partial charge in [-0.05, 0) is 24.5 Å². The summed E-state index contributed by atoms with van der Waals surface area (Å²) in [5.41, 5.74) is 0.608. The topological polar surface area (TPSA) is 79.1 Å². The van der Waals surface area contributed by atoms with Crippen molar-refractivity contribution in [1.82, 2.24) is 0 Å². The first kappa shape index (κ1) is 16.1. The van der Waals surface area contributed by atoms with Gasteiger partial charge in [-0.15, -0.1) is 0 Å². The van der Waals surface area contributed by atoms with Crippen LogP contribution in [0.5, 0.6) is 5.75 Å². The van der Waals surface area contributed by atoms with Gasteiger partial charge in [0.05, 0.1) is 6.61 Å². The van der Waals surface area contributed by atoms with Crippen molar-refractivity contribution < 1.29 is 43.7 Å². The Hall–Kier alpha value is -0.907. The van der Waals surface area contributed by atoms with E-state index in [9.17, 15) is 9.28 Å². The van der Waals surface area contributed by atoms with Crippen LogP contribution in [0, 0.1) is 0 Å². The fourth-order valence-electron chi connectivity index (χ4n) is 1.11. The van der Waals surface area contributed by atoms with Crippen LogP contribution < -0.4 is 10.2 Å². The summed E-state index contributed by atoms with van der Waals surface area (Å²) in [5.74, 6) is 0.459. The van der Waals surface area contributed by atoms with Gasteiger partial charge in [0.1, 0.15) is 12.0 Å². The van der Waals surface area contributed by atoms with Gasteiger partial charge in [-0.3, -0.25) is 4.79 Å². The van der Waals surface area contributed by atoms with Crippen molar-refractivity contribution in [1.29, 1.82) is 0 Å². The summed E-state index contributed by atoms with van der Waals surface area (Å²) in [6.45, 7) is 2.27. The molecule has 0 saturated carbocycles. The quantitative estimate of drug-likeness (QED) is 0.548. The van der Waals surface area contributed by atoms with Gasteiger partial charge >= 0.3 is 34.9 Å². The van der Waals surface area contributed by atoms with Gasteiger partial charge in [-0.2, -0.15) is 0 Å². The standard InChI is InChI=1S/C9H11BO4.FN.W/c1-2-14-9-4-7(6-11)3-8(5-9)10(12)13;1-2;/h3-6,12-13H,2H2,1H3;;. The second-order valence-electron chi connectivity index (χ2n) is 2.83. The SMILES string of the molecule is CCOc1cc(C=O)cc(B(O)O)c1.F[N]=[W]. The van der Waals surface area contributed by atoms with Gasteiger partial charge < -0.3 is 14.8 Å². The molecule has 2 N–H and O–H groups in total. The molecule has 0 radical (unpaired) electrons. The van der Waals surface area contributed by atoms with Crippen LogP contribution in [0.15, 0.2) is 21.9 Å². The third-order valence-electron chi connectivity index (χ3n) is 1.70. The van der Waals surface area contributed by atoms with Crippen LogP contribution >= 0.6 is 0 Å². The maximum absolute atomic E-state index is 10.5. The molecule has 0 aliphatic carbocycles. The van der Waals surface area contributed by atoms with Crippen LogP contribution in [0.3, 0.4) is 0 Å². The second kappa shape index (κ2) is 9.16. The second-order valence-corrected chi connectivity index (χ2v) is 3.32. The summed E-state index contributed by atoms with van der Waals surface area (Å²) in [7, 11) is -1.59. The van der Waals surface area contributed by atoms with Crippen LogP contribution in [0.25, 0.3) is 0 Å². The molecule has 5 nitrogen and oxygen atoms in total. The van der Waals surface area contributed by atoms with Crippen molar-refractivity contribution in [2.45, 2.75) is 6.92 Å². The number of halogens is 1. The summed E-state index contributed by atoms with van der Waals surface area (Å²) in [4.78, 5) is 10.5. The number of benzene rings is 1. The Morgan fingerprint density at radius 1 is 1.53 bits per heavy atom. The number of carbonyl (C=O) groups excluding carboxylic acids is 1. The van der Waals surface area contributed by atoms with Gasteiger partial charge in [0, 0.05) is 5.56 Å². The normalized spacial score (nSPS) is 8.71. The fraction of sp³-hybridized carbons (Fsp3) is 0.222. The zero-order chi connectivity index (χ0) is 13.3. The van der Waals surface area contributed by atoms with E-state index in [0.717, 1.165) is 0 Å². The van der Waals surface area contributed by atoms with E-state index in [1.165, 1.54) is 12.1 Å². The number of carbonyl (C=O) groups is 1. The van der Waals surface area contributed by atoms with E-state index >= 15 is 0 Å². The molecular weight excluding hydrogens is 400 g/mol. The van der Waals surface area contributed by atoms with Crippen molar-refractivity contribution >= 4 is 18.9 Å². The van der Waals surface area contributed by atoms with Crippen molar-refractivity contribution in [3.63, 3.8) is 0 Å². The van der Waals surface area contributed by atoms with Crippen molar-refractivity contribution in [3.8, 4) is 5.75 Å². The molecule has 0 spiro atoms. The molecule has 0 heterocycles. The summed E-state index contributed by atoms with van der Waals surface area (Å²) in [6.07, 6.45) is 0.633. The molecule has 0 unspecified atom stereocenters. The maximum atomic E-state index is 10.5. The van der Waals surface area contributed by atoms with Gasteiger partial charge in [-0.25, -0.2) is 0 Å². The number of aldehydes is 1. The molecule has 17 heavy (non-hydrogen) atoms. The zero-order valence-electron chi connectivity index (χ0n) is 9.04. The molecule has 1 rings (SSSR count). The molecule has 1 aromatic rings. The number of hydrogen-bond donors (Lipinski definition) is 2. The van der Waals surface area contributed by atoms with E-state index in [2.05, 4.69) is 3.72 Å².